The van der Waals surface area contributed by atoms with Crippen LogP contribution in [0.15, 0.2) is 36.4 Å². The summed E-state index contributed by atoms with van der Waals surface area (Å²) in [6, 6.07) is 9.09. The molecule has 0 saturated carbocycles. The molecule has 0 fully saturated rings. The van der Waals surface area contributed by atoms with E-state index in [2.05, 4.69) is 10.6 Å². The van der Waals surface area contributed by atoms with Crippen LogP contribution in [0.5, 0.6) is 11.5 Å². The van der Waals surface area contributed by atoms with Crippen LogP contribution in [0.25, 0.3) is 0 Å². The molecule has 0 aliphatic carbocycles. The molecular weight excluding hydrogens is 335 g/mol. The van der Waals surface area contributed by atoms with Crippen molar-refractivity contribution in [1.29, 1.82) is 0 Å². The van der Waals surface area contributed by atoms with Crippen LogP contribution >= 0.6 is 0 Å². The van der Waals surface area contributed by atoms with Gasteiger partial charge < -0.3 is 20.1 Å². The summed E-state index contributed by atoms with van der Waals surface area (Å²) in [5.74, 6) is 0.829. The molecule has 2 aromatic carbocycles. The fraction of sp³-hybridized carbons (Fsp3) is 0.350. The lowest BCUT2D eigenvalue weighted by molar-refractivity contribution is -0.116. The Hall–Kier alpha value is -2.76. The molecule has 0 saturated heterocycles. The molecule has 3 rings (SSSR count). The van der Waals surface area contributed by atoms with Gasteiger partial charge in [0.25, 0.3) is 0 Å². The highest BCUT2D eigenvalue weighted by molar-refractivity contribution is 5.96. The molecule has 2 atom stereocenters. The van der Waals surface area contributed by atoms with Crippen molar-refractivity contribution in [2.75, 3.05) is 17.2 Å². The SMILES string of the molecule is CCOc1cc2c(cc1N[C@H](C)C(=O)Nc1cccc(F)c1)O[C@@H](C)C2. The highest BCUT2D eigenvalue weighted by Crippen LogP contribution is 2.38. The molecule has 0 unspecified atom stereocenters. The molecule has 1 amide bonds. The first-order valence-electron chi connectivity index (χ1n) is 8.75. The number of rotatable bonds is 6. The van der Waals surface area contributed by atoms with Crippen LogP contribution in [0, 0.1) is 5.82 Å². The van der Waals surface area contributed by atoms with Crippen molar-refractivity contribution < 1.29 is 18.7 Å². The van der Waals surface area contributed by atoms with Gasteiger partial charge >= 0.3 is 0 Å². The van der Waals surface area contributed by atoms with Gasteiger partial charge in [-0.1, -0.05) is 6.07 Å². The molecule has 138 valence electrons. The first kappa shape index (κ1) is 18.0. The summed E-state index contributed by atoms with van der Waals surface area (Å²) in [5.41, 5.74) is 2.21. The molecule has 5 nitrogen and oxygen atoms in total. The average molecular weight is 358 g/mol. The molecule has 1 aliphatic heterocycles. The quantitative estimate of drug-likeness (QED) is 0.820. The number of ether oxygens (including phenoxy) is 2. The fourth-order valence-electron chi connectivity index (χ4n) is 2.94. The second-order valence-corrected chi connectivity index (χ2v) is 6.39. The van der Waals surface area contributed by atoms with Crippen LogP contribution in [0.4, 0.5) is 15.8 Å². The second-order valence-electron chi connectivity index (χ2n) is 6.39. The molecule has 1 aliphatic rings. The van der Waals surface area contributed by atoms with Crippen molar-refractivity contribution in [2.24, 2.45) is 0 Å². The molecule has 1 heterocycles. The van der Waals surface area contributed by atoms with E-state index < -0.39 is 11.9 Å². The summed E-state index contributed by atoms with van der Waals surface area (Å²) in [6.45, 7) is 6.19. The average Bonchev–Trinajstić information content (AvgIpc) is 2.94. The lowest BCUT2D eigenvalue weighted by atomic mass is 10.1. The van der Waals surface area contributed by atoms with Crippen molar-refractivity contribution in [1.82, 2.24) is 0 Å². The maximum absolute atomic E-state index is 13.3. The van der Waals surface area contributed by atoms with Crippen LogP contribution in [0.2, 0.25) is 0 Å². The number of carbonyl (C=O) groups excluding carboxylic acids is 1. The third kappa shape index (κ3) is 4.07. The minimum Gasteiger partial charge on any atom is -0.492 e. The van der Waals surface area contributed by atoms with Gasteiger partial charge in [-0.3, -0.25) is 4.79 Å². The summed E-state index contributed by atoms with van der Waals surface area (Å²) < 4.78 is 24.8. The van der Waals surface area contributed by atoms with Crippen LogP contribution in [-0.4, -0.2) is 24.7 Å². The smallest absolute Gasteiger partial charge is 0.246 e. The number of fused-ring (bicyclic) bond motifs is 1. The van der Waals surface area contributed by atoms with Gasteiger partial charge in [0.05, 0.1) is 12.3 Å². The van der Waals surface area contributed by atoms with Gasteiger partial charge in [0.15, 0.2) is 0 Å². The first-order valence-corrected chi connectivity index (χ1v) is 8.75. The highest BCUT2D eigenvalue weighted by Gasteiger charge is 2.23. The molecule has 0 bridgehead atoms. The van der Waals surface area contributed by atoms with E-state index in [0.717, 1.165) is 17.7 Å². The molecular formula is C20H23FN2O3. The van der Waals surface area contributed by atoms with E-state index in [0.29, 0.717) is 23.7 Å². The Kier molecular flexibility index (Phi) is 5.30. The Labute approximate surface area is 152 Å². The molecule has 0 radical (unpaired) electrons. The number of halogens is 1. The predicted molar refractivity (Wildman–Crippen MR) is 99.5 cm³/mol. The largest absolute Gasteiger partial charge is 0.492 e. The molecule has 0 spiro atoms. The van der Waals surface area contributed by atoms with Crippen LogP contribution in [0.1, 0.15) is 26.3 Å². The Morgan fingerprint density at radius 3 is 2.92 bits per heavy atom. The van der Waals surface area contributed by atoms with Crippen LogP contribution in [0.3, 0.4) is 0 Å². The third-order valence-corrected chi connectivity index (χ3v) is 4.16. The van der Waals surface area contributed by atoms with E-state index in [9.17, 15) is 9.18 Å². The number of hydrogen-bond donors (Lipinski definition) is 2. The third-order valence-electron chi connectivity index (χ3n) is 4.16. The van der Waals surface area contributed by atoms with Gasteiger partial charge in [-0.2, -0.15) is 0 Å². The molecule has 6 heteroatoms. The topological polar surface area (TPSA) is 59.6 Å². The van der Waals surface area contributed by atoms with E-state index in [1.54, 1.807) is 19.1 Å². The number of carbonyl (C=O) groups is 1. The van der Waals surface area contributed by atoms with Gasteiger partial charge in [0.2, 0.25) is 5.91 Å². The standard InChI is InChI=1S/C20H23FN2O3/c1-4-25-19-9-14-8-12(2)26-18(14)11-17(19)22-13(3)20(24)23-16-7-5-6-15(21)10-16/h5-7,9-13,22H,4,8H2,1-3H3,(H,23,24)/t12-,13+/m0/s1. The Morgan fingerprint density at radius 1 is 1.38 bits per heavy atom. The van der Waals surface area contributed by atoms with E-state index in [4.69, 9.17) is 9.47 Å². The predicted octanol–water partition coefficient (Wildman–Crippen LogP) is 3.99. The minimum atomic E-state index is -0.547. The van der Waals surface area contributed by atoms with Crippen molar-refractivity contribution in [2.45, 2.75) is 39.3 Å². The Morgan fingerprint density at radius 2 is 2.19 bits per heavy atom. The van der Waals surface area contributed by atoms with Crippen molar-refractivity contribution >= 4 is 17.3 Å². The normalized spacial score (nSPS) is 16.4. The summed E-state index contributed by atoms with van der Waals surface area (Å²) in [4.78, 5) is 12.4. The lowest BCUT2D eigenvalue weighted by Gasteiger charge is -2.19. The Bertz CT molecular complexity index is 810. The second kappa shape index (κ2) is 7.64. The van der Waals surface area contributed by atoms with E-state index in [1.807, 2.05) is 26.0 Å². The van der Waals surface area contributed by atoms with Crippen LogP contribution < -0.4 is 20.1 Å². The molecule has 26 heavy (non-hydrogen) atoms. The van der Waals surface area contributed by atoms with Gasteiger partial charge in [-0.25, -0.2) is 4.39 Å². The van der Waals surface area contributed by atoms with Crippen LogP contribution in [-0.2, 0) is 11.2 Å². The maximum atomic E-state index is 13.3. The number of anilines is 2. The minimum absolute atomic E-state index is 0.128. The molecule has 2 aromatic rings. The number of hydrogen-bond acceptors (Lipinski definition) is 4. The summed E-state index contributed by atoms with van der Waals surface area (Å²) in [5, 5.41) is 5.86. The van der Waals surface area contributed by atoms with E-state index >= 15 is 0 Å². The zero-order valence-electron chi connectivity index (χ0n) is 15.1. The van der Waals surface area contributed by atoms with Gasteiger partial charge in [-0.05, 0) is 45.0 Å². The van der Waals surface area contributed by atoms with Gasteiger partial charge in [-0.15, -0.1) is 0 Å². The van der Waals surface area contributed by atoms with Gasteiger partial charge in [0, 0.05) is 23.7 Å². The van der Waals surface area contributed by atoms with E-state index in [-0.39, 0.29) is 12.0 Å². The highest BCUT2D eigenvalue weighted by atomic mass is 19.1. The molecule has 2 N–H and O–H groups in total. The zero-order chi connectivity index (χ0) is 18.7. The maximum Gasteiger partial charge on any atom is 0.246 e. The number of benzene rings is 2. The van der Waals surface area contributed by atoms with Gasteiger partial charge in [0.1, 0.15) is 29.5 Å². The Balaban J connectivity index is 1.74. The number of nitrogens with one attached hydrogen (secondary N) is 2. The first-order chi connectivity index (χ1) is 12.5. The monoisotopic (exact) mass is 358 g/mol. The van der Waals surface area contributed by atoms with E-state index in [1.165, 1.54) is 12.1 Å². The van der Waals surface area contributed by atoms with Crippen molar-refractivity contribution in [3.63, 3.8) is 0 Å². The van der Waals surface area contributed by atoms with Crippen molar-refractivity contribution in [3.8, 4) is 11.5 Å². The summed E-state index contributed by atoms with van der Waals surface area (Å²) in [6.07, 6.45) is 0.967. The summed E-state index contributed by atoms with van der Waals surface area (Å²) in [7, 11) is 0. The summed E-state index contributed by atoms with van der Waals surface area (Å²) >= 11 is 0. The number of amides is 1. The van der Waals surface area contributed by atoms with Crippen molar-refractivity contribution in [3.05, 3.63) is 47.8 Å². The molecule has 0 aromatic heterocycles. The zero-order valence-corrected chi connectivity index (χ0v) is 15.1. The fourth-order valence-corrected chi connectivity index (χ4v) is 2.94. The lowest BCUT2D eigenvalue weighted by Crippen LogP contribution is -2.32.